The second-order valence-corrected chi connectivity index (χ2v) is 7.13. The van der Waals surface area contributed by atoms with Crippen LogP contribution in [0.3, 0.4) is 0 Å². The van der Waals surface area contributed by atoms with E-state index in [1.807, 2.05) is 0 Å². The van der Waals surface area contributed by atoms with Gasteiger partial charge in [-0.05, 0) is 0 Å². The van der Waals surface area contributed by atoms with E-state index in [1.54, 1.807) is 0 Å². The van der Waals surface area contributed by atoms with Crippen molar-refractivity contribution in [3.05, 3.63) is 0 Å². The van der Waals surface area contributed by atoms with Crippen molar-refractivity contribution < 1.29 is 32.8 Å². The Kier molecular flexibility index (Phi) is 3.17. The van der Waals surface area contributed by atoms with Crippen LogP contribution in [0.2, 0.25) is 0 Å². The Morgan fingerprint density at radius 2 is 1.09 bits per heavy atom. The molecule has 0 aliphatic heterocycles. The molecule has 0 rings (SSSR count). The van der Waals surface area contributed by atoms with Crippen molar-refractivity contribution in [1.29, 1.82) is 0 Å². The Morgan fingerprint density at radius 3 is 1.09 bits per heavy atom. The van der Waals surface area contributed by atoms with Gasteiger partial charge in [0.15, 0.2) is 0 Å². The standard InChI is InChI=1S/3C2H3O.H2O.V/c3*1-2-3;;/h3*1H3;1H2;/q;;;;+1/p-1. The van der Waals surface area contributed by atoms with Crippen molar-refractivity contribution in [2.24, 2.45) is 0 Å². The van der Waals surface area contributed by atoms with E-state index in [2.05, 4.69) is 0 Å². The molecule has 63 valence electrons. The summed E-state index contributed by atoms with van der Waals surface area (Å²) < 4.78 is 7.38. The minimum atomic E-state index is -4.25. The van der Waals surface area contributed by atoms with Crippen molar-refractivity contribution in [1.82, 2.24) is 0 Å². The van der Waals surface area contributed by atoms with E-state index in [0.29, 0.717) is 0 Å². The first-order valence-corrected chi connectivity index (χ1v) is 5.70. The van der Waals surface area contributed by atoms with E-state index in [4.69, 9.17) is 0 Å². The maximum atomic E-state index is 10.7. The third-order valence-electron chi connectivity index (χ3n) is 1.37. The van der Waals surface area contributed by atoms with E-state index in [-0.39, 0.29) is 0 Å². The fourth-order valence-electron chi connectivity index (χ4n) is 0.665. The predicted octanol–water partition coefficient (Wildman–Crippen LogP) is -0.313. The Hall–Kier alpha value is -0.446. The van der Waals surface area contributed by atoms with Crippen molar-refractivity contribution in [2.75, 3.05) is 0 Å². The molecule has 0 spiro atoms. The van der Waals surface area contributed by atoms with Crippen LogP contribution in [0.1, 0.15) is 20.8 Å². The summed E-state index contributed by atoms with van der Waals surface area (Å²) in [4.78, 5) is 32.2. The van der Waals surface area contributed by atoms with Crippen LogP contribution in [0.15, 0.2) is 0 Å². The molecule has 11 heavy (non-hydrogen) atoms. The Bertz CT molecular complexity index is 185. The van der Waals surface area contributed by atoms with Gasteiger partial charge in [0.05, 0.1) is 0 Å². The van der Waals surface area contributed by atoms with Crippen LogP contribution < -0.4 is 0 Å². The summed E-state index contributed by atoms with van der Waals surface area (Å²) in [6.07, 6.45) is 0. The van der Waals surface area contributed by atoms with Gasteiger partial charge in [0.1, 0.15) is 0 Å². The Morgan fingerprint density at radius 1 is 0.909 bits per heavy atom. The molecule has 4 nitrogen and oxygen atoms in total. The minimum absolute atomic E-state index is 0.664. The monoisotopic (exact) mass is 197 g/mol. The first-order valence-electron chi connectivity index (χ1n) is 2.98. The second-order valence-electron chi connectivity index (χ2n) is 2.19. The molecule has 0 atom stereocenters. The zero-order valence-electron chi connectivity index (χ0n) is 6.62. The van der Waals surface area contributed by atoms with E-state index in [9.17, 15) is 18.4 Å². The first-order chi connectivity index (χ1) is 4.83. The predicted molar refractivity (Wildman–Crippen MR) is 34.3 cm³/mol. The van der Waals surface area contributed by atoms with Crippen LogP contribution in [0.5, 0.6) is 0 Å². The first kappa shape index (κ1) is 10.6. The van der Waals surface area contributed by atoms with Crippen LogP contribution in [0.25, 0.3) is 0 Å². The van der Waals surface area contributed by atoms with Gasteiger partial charge in [-0.1, -0.05) is 0 Å². The molecule has 0 aromatic rings. The number of rotatable bonds is 3. The molecule has 0 saturated carbocycles. The fourth-order valence-corrected chi connectivity index (χ4v) is 2.74. The van der Waals surface area contributed by atoms with Gasteiger partial charge < -0.3 is 0 Å². The van der Waals surface area contributed by atoms with Crippen molar-refractivity contribution in [3.63, 3.8) is 0 Å². The Labute approximate surface area is 67.6 Å². The van der Waals surface area contributed by atoms with Gasteiger partial charge in [0.25, 0.3) is 0 Å². The topological polar surface area (TPSA) is 71.4 Å². The van der Waals surface area contributed by atoms with Crippen LogP contribution in [0.4, 0.5) is 0 Å². The second kappa shape index (κ2) is 3.30. The van der Waals surface area contributed by atoms with Crippen LogP contribution in [0, 0.1) is 0 Å². The van der Waals surface area contributed by atoms with Gasteiger partial charge >= 0.3 is 67.1 Å². The summed E-state index contributed by atoms with van der Waals surface area (Å²) >= 11 is -4.25. The van der Waals surface area contributed by atoms with E-state index in [1.165, 1.54) is 0 Å². The van der Waals surface area contributed by atoms with Crippen LogP contribution in [-0.2, 0) is 28.8 Å². The molecule has 0 fully saturated rings. The number of carbonyl (C=O) groups is 3. The maximum absolute atomic E-state index is 10.7. The molecule has 5 heteroatoms. The van der Waals surface area contributed by atoms with Crippen molar-refractivity contribution in [2.45, 2.75) is 20.8 Å². The molecule has 0 bridgehead atoms. The van der Waals surface area contributed by atoms with Gasteiger partial charge in [-0.15, -0.1) is 0 Å². The quantitative estimate of drug-likeness (QED) is 0.673. The molecule has 0 aliphatic carbocycles. The average Bonchev–Trinajstić information content (AvgIpc) is 1.84. The molecule has 0 aromatic heterocycles. The number of carbonyl (C=O) groups excluding carboxylic acids is 3. The molecule has 0 aliphatic rings. The molecule has 0 amide bonds. The summed E-state index contributed by atoms with van der Waals surface area (Å²) in [5, 5.41) is 0. The zero-order valence-corrected chi connectivity index (χ0v) is 8.02. The Balaban J connectivity index is 4.99. The van der Waals surface area contributed by atoms with Gasteiger partial charge in [0.2, 0.25) is 0 Å². The van der Waals surface area contributed by atoms with Crippen molar-refractivity contribution in [3.8, 4) is 0 Å². The number of hydrogen-bond acceptors (Lipinski definition) is 4. The van der Waals surface area contributed by atoms with Crippen molar-refractivity contribution >= 4 is 13.5 Å². The summed E-state index contributed by atoms with van der Waals surface area (Å²) in [5.41, 5.74) is 0. The summed E-state index contributed by atoms with van der Waals surface area (Å²) in [7, 11) is 0. The molecule has 0 heterocycles. The molecule has 1 N–H and O–H groups in total. The number of hydrogen-bond donors (Lipinski definition) is 1. The van der Waals surface area contributed by atoms with E-state index in [0.717, 1.165) is 20.8 Å². The van der Waals surface area contributed by atoms with Crippen LogP contribution >= 0.6 is 0 Å². The third kappa shape index (κ3) is 1.77. The van der Waals surface area contributed by atoms with E-state index < -0.39 is 27.9 Å². The molecule has 0 saturated heterocycles. The van der Waals surface area contributed by atoms with Gasteiger partial charge in [-0.25, -0.2) is 0 Å². The zero-order chi connectivity index (χ0) is 9.23. The fraction of sp³-hybridized carbons (Fsp3) is 0.500. The molecule has 0 aromatic carbocycles. The molecule has 0 radical (unpaired) electrons. The average molecular weight is 197 g/mol. The third-order valence-corrected chi connectivity index (χ3v) is 5.64. The summed E-state index contributed by atoms with van der Waals surface area (Å²) in [6.45, 7) is 3.24. The SMILES string of the molecule is C[C](=O)[V]([OH])([C](C)=O)[C](C)=O. The molecular formula is C6H10O4V. The van der Waals surface area contributed by atoms with Crippen LogP contribution in [-0.4, -0.2) is 17.5 Å². The summed E-state index contributed by atoms with van der Waals surface area (Å²) in [6, 6.07) is 0. The normalized spacial score (nSPS) is 10.9. The van der Waals surface area contributed by atoms with Gasteiger partial charge in [-0.3, -0.25) is 0 Å². The summed E-state index contributed by atoms with van der Waals surface area (Å²) in [5.74, 6) is 0. The molecule has 0 unspecified atom stereocenters. The van der Waals surface area contributed by atoms with Gasteiger partial charge in [0, 0.05) is 0 Å². The van der Waals surface area contributed by atoms with Gasteiger partial charge in [-0.2, -0.15) is 0 Å². The molecular weight excluding hydrogens is 187 g/mol. The van der Waals surface area contributed by atoms with E-state index >= 15 is 0 Å².